The number of rotatable bonds is 16. The van der Waals surface area contributed by atoms with Gasteiger partial charge in [-0.25, -0.2) is 4.98 Å². The van der Waals surface area contributed by atoms with E-state index >= 15 is 0 Å². The van der Waals surface area contributed by atoms with Gasteiger partial charge in [0.2, 0.25) is 0 Å². The predicted octanol–water partition coefficient (Wildman–Crippen LogP) is 5.20. The first-order chi connectivity index (χ1) is 20.0. The van der Waals surface area contributed by atoms with Crippen LogP contribution in [0.25, 0.3) is 0 Å². The van der Waals surface area contributed by atoms with Gasteiger partial charge >= 0.3 is 11.9 Å². The molecule has 0 saturated carbocycles. The summed E-state index contributed by atoms with van der Waals surface area (Å²) in [6.07, 6.45) is 2.58. The zero-order valence-electron chi connectivity index (χ0n) is 24.5. The van der Waals surface area contributed by atoms with Crippen LogP contribution in [0.3, 0.4) is 0 Å². The Morgan fingerprint density at radius 3 is 2.55 bits per heavy atom. The number of nitro groups is 1. The molecule has 2 heterocycles. The summed E-state index contributed by atoms with van der Waals surface area (Å²) in [5, 5.41) is 19.6. The molecule has 4 atom stereocenters. The number of carbonyl (C=O) groups excluding carboxylic acids is 3. The van der Waals surface area contributed by atoms with Crippen molar-refractivity contribution in [2.75, 3.05) is 12.3 Å². The van der Waals surface area contributed by atoms with E-state index in [1.165, 1.54) is 30.4 Å². The lowest BCUT2D eigenvalue weighted by Crippen LogP contribution is -2.37. The number of benzene rings is 1. The molecular weight excluding hydrogens is 580 g/mol. The van der Waals surface area contributed by atoms with Gasteiger partial charge in [0.15, 0.2) is 6.10 Å². The number of nitro benzene ring substituents is 1. The van der Waals surface area contributed by atoms with Crippen LogP contribution in [0.2, 0.25) is 0 Å². The number of amides is 1. The molecule has 11 nitrogen and oxygen atoms in total. The van der Waals surface area contributed by atoms with E-state index in [4.69, 9.17) is 9.47 Å². The molecule has 1 aromatic carbocycles. The fourth-order valence-electron chi connectivity index (χ4n) is 4.69. The van der Waals surface area contributed by atoms with E-state index in [-0.39, 0.29) is 35.2 Å². The third-order valence-corrected chi connectivity index (χ3v) is 9.05. The van der Waals surface area contributed by atoms with Gasteiger partial charge in [0.05, 0.1) is 4.92 Å². The topological polar surface area (TPSA) is 150 Å². The lowest BCUT2D eigenvalue weighted by molar-refractivity contribution is -0.384. The fraction of sp³-hybridized carbons (Fsp3) is 0.586. The van der Waals surface area contributed by atoms with Crippen molar-refractivity contribution in [2.45, 2.75) is 89.8 Å². The Balaban J connectivity index is 1.72. The first-order valence-corrected chi connectivity index (χ1v) is 16.2. The SMILES string of the molecule is CCNC(CC(OC(C)=O)c1nc(C(=O)NC(CCC(=O)OC2CCCS2)Cc2ccc([N+](=O)[O-])cc2)cs1)C(C)C. The van der Waals surface area contributed by atoms with Crippen LogP contribution < -0.4 is 10.6 Å². The number of nitrogens with zero attached hydrogens (tertiary/aromatic N) is 2. The minimum absolute atomic E-state index is 0.0249. The number of esters is 2. The van der Waals surface area contributed by atoms with Gasteiger partial charge in [-0.3, -0.25) is 24.5 Å². The highest BCUT2D eigenvalue weighted by Gasteiger charge is 2.27. The van der Waals surface area contributed by atoms with Crippen LogP contribution in [0.15, 0.2) is 29.6 Å². The van der Waals surface area contributed by atoms with Crippen LogP contribution >= 0.6 is 23.1 Å². The molecule has 3 rings (SSSR count). The molecule has 1 aromatic heterocycles. The number of thiazole rings is 1. The molecular formula is C29H40N4O7S2. The summed E-state index contributed by atoms with van der Waals surface area (Å²) in [6.45, 7) is 8.32. The van der Waals surface area contributed by atoms with E-state index in [1.807, 2.05) is 6.92 Å². The van der Waals surface area contributed by atoms with Gasteiger partial charge in [-0.05, 0) is 49.5 Å². The van der Waals surface area contributed by atoms with Gasteiger partial charge in [-0.2, -0.15) is 0 Å². The smallest absolute Gasteiger partial charge is 0.306 e. The third-order valence-electron chi connectivity index (χ3n) is 6.89. The van der Waals surface area contributed by atoms with Crippen LogP contribution in [-0.4, -0.2) is 57.6 Å². The Morgan fingerprint density at radius 2 is 1.95 bits per heavy atom. The second-order valence-electron chi connectivity index (χ2n) is 10.6. The van der Waals surface area contributed by atoms with E-state index in [9.17, 15) is 24.5 Å². The maximum atomic E-state index is 13.3. The molecule has 13 heteroatoms. The number of nitrogens with one attached hydrogen (secondary N) is 2. The minimum Gasteiger partial charge on any atom is -0.455 e. The Morgan fingerprint density at radius 1 is 1.21 bits per heavy atom. The monoisotopic (exact) mass is 620 g/mol. The Bertz CT molecular complexity index is 1200. The first-order valence-electron chi connectivity index (χ1n) is 14.3. The highest BCUT2D eigenvalue weighted by atomic mass is 32.2. The molecule has 0 bridgehead atoms. The maximum absolute atomic E-state index is 13.3. The second-order valence-corrected chi connectivity index (χ2v) is 12.7. The van der Waals surface area contributed by atoms with Crippen LogP contribution in [0.4, 0.5) is 5.69 Å². The number of non-ortho nitro benzene ring substituents is 1. The highest BCUT2D eigenvalue weighted by Crippen LogP contribution is 2.29. The summed E-state index contributed by atoms with van der Waals surface area (Å²) < 4.78 is 11.1. The van der Waals surface area contributed by atoms with Gasteiger partial charge in [0.1, 0.15) is 16.1 Å². The summed E-state index contributed by atoms with van der Waals surface area (Å²) in [5.74, 6) is 0.102. The zero-order chi connectivity index (χ0) is 30.6. The zero-order valence-corrected chi connectivity index (χ0v) is 26.1. The second kappa shape index (κ2) is 16.6. The van der Waals surface area contributed by atoms with Gasteiger partial charge < -0.3 is 20.1 Å². The molecule has 2 aromatic rings. The average molecular weight is 621 g/mol. The molecule has 1 aliphatic rings. The molecule has 0 spiro atoms. The van der Waals surface area contributed by atoms with E-state index in [1.54, 1.807) is 29.3 Å². The molecule has 230 valence electrons. The lowest BCUT2D eigenvalue weighted by atomic mass is 9.98. The largest absolute Gasteiger partial charge is 0.455 e. The average Bonchev–Trinajstić information content (AvgIpc) is 3.64. The molecule has 0 aliphatic carbocycles. The molecule has 42 heavy (non-hydrogen) atoms. The number of aromatic nitrogens is 1. The molecule has 0 radical (unpaired) electrons. The maximum Gasteiger partial charge on any atom is 0.306 e. The summed E-state index contributed by atoms with van der Waals surface area (Å²) >= 11 is 2.88. The van der Waals surface area contributed by atoms with Crippen LogP contribution in [0.1, 0.15) is 87.0 Å². The van der Waals surface area contributed by atoms with Gasteiger partial charge in [0.25, 0.3) is 11.6 Å². The number of hydrogen-bond donors (Lipinski definition) is 2. The van der Waals surface area contributed by atoms with Crippen LogP contribution in [0.5, 0.6) is 0 Å². The van der Waals surface area contributed by atoms with E-state index in [0.717, 1.165) is 30.7 Å². The van der Waals surface area contributed by atoms with Gasteiger partial charge in [-0.15, -0.1) is 23.1 Å². The third kappa shape index (κ3) is 10.7. The van der Waals surface area contributed by atoms with Crippen LogP contribution in [-0.2, 0) is 25.5 Å². The number of carbonyl (C=O) groups is 3. The molecule has 1 fully saturated rings. The highest BCUT2D eigenvalue weighted by molar-refractivity contribution is 8.00. The van der Waals surface area contributed by atoms with Crippen molar-refractivity contribution in [3.05, 3.63) is 56.0 Å². The van der Waals surface area contributed by atoms with Crippen molar-refractivity contribution in [3.8, 4) is 0 Å². The lowest BCUT2D eigenvalue weighted by Gasteiger charge is -2.25. The summed E-state index contributed by atoms with van der Waals surface area (Å²) in [7, 11) is 0. The Labute approximate surface area is 254 Å². The Kier molecular flexibility index (Phi) is 13.2. The van der Waals surface area contributed by atoms with Crippen molar-refractivity contribution in [1.29, 1.82) is 0 Å². The normalized spacial score (nSPS) is 16.9. The predicted molar refractivity (Wildman–Crippen MR) is 162 cm³/mol. The summed E-state index contributed by atoms with van der Waals surface area (Å²) in [5.41, 5.74) is 0.822. The quantitative estimate of drug-likeness (QED) is 0.146. The first kappa shape index (κ1) is 33.5. The van der Waals surface area contributed by atoms with Gasteiger partial charge in [-0.1, -0.05) is 32.9 Å². The van der Waals surface area contributed by atoms with Crippen molar-refractivity contribution in [1.82, 2.24) is 15.6 Å². The van der Waals surface area contributed by atoms with E-state index in [2.05, 4.69) is 29.5 Å². The van der Waals surface area contributed by atoms with Crippen molar-refractivity contribution >= 4 is 46.6 Å². The van der Waals surface area contributed by atoms with E-state index in [0.29, 0.717) is 30.2 Å². The standard InChI is InChI=1S/C29H40N4O7S2/c1-5-30-23(18(2)3)16-25(39-19(4)34)29-32-24(17-42-29)28(36)31-21(10-13-26(35)40-27-7-6-14-41-27)15-20-8-11-22(12-9-20)33(37)38/h8-9,11-12,17-18,21,23,25,27,30H,5-7,10,13-16H2,1-4H3,(H,31,36). The minimum atomic E-state index is -0.598. The van der Waals surface area contributed by atoms with Crippen LogP contribution in [0, 0.1) is 16.0 Å². The van der Waals surface area contributed by atoms with Crippen molar-refractivity contribution in [3.63, 3.8) is 0 Å². The fourth-order valence-corrected chi connectivity index (χ4v) is 6.63. The molecule has 1 amide bonds. The summed E-state index contributed by atoms with van der Waals surface area (Å²) in [6, 6.07) is 5.76. The molecule has 2 N–H and O–H groups in total. The van der Waals surface area contributed by atoms with E-state index < -0.39 is 28.9 Å². The van der Waals surface area contributed by atoms with Crippen molar-refractivity contribution < 1.29 is 28.8 Å². The molecule has 1 aliphatic heterocycles. The summed E-state index contributed by atoms with van der Waals surface area (Å²) in [4.78, 5) is 52.8. The van der Waals surface area contributed by atoms with Crippen molar-refractivity contribution in [2.24, 2.45) is 5.92 Å². The molecule has 4 unspecified atom stereocenters. The Hall–Kier alpha value is -3.03. The molecule has 1 saturated heterocycles. The number of hydrogen-bond acceptors (Lipinski definition) is 11. The number of thioether (sulfide) groups is 1. The number of ether oxygens (including phenoxy) is 2. The van der Waals surface area contributed by atoms with Gasteiger partial charge in [0, 0.05) is 49.4 Å².